The van der Waals surface area contributed by atoms with E-state index in [1.54, 1.807) is 16.7 Å². The van der Waals surface area contributed by atoms with E-state index < -0.39 is 0 Å². The average Bonchev–Trinajstić information content (AvgIpc) is 2.88. The fourth-order valence-electron chi connectivity index (χ4n) is 3.15. The Kier molecular flexibility index (Phi) is 7.91. The van der Waals surface area contributed by atoms with E-state index in [0.29, 0.717) is 0 Å². The Morgan fingerprint density at radius 3 is 2.40 bits per heavy atom. The van der Waals surface area contributed by atoms with Crippen LogP contribution in [0.5, 0.6) is 0 Å². The van der Waals surface area contributed by atoms with E-state index in [1.165, 1.54) is 38.8 Å². The Hall–Kier alpha value is -0.820. The topological polar surface area (TPSA) is 3.24 Å². The molecule has 114 valence electrons. The molecule has 1 nitrogen and oxygen atoms in total. The van der Waals surface area contributed by atoms with E-state index in [4.69, 9.17) is 0 Å². The normalized spacial score (nSPS) is 18.8. The highest BCUT2D eigenvalue weighted by Crippen LogP contribution is 2.23. The van der Waals surface area contributed by atoms with Crippen molar-refractivity contribution in [2.75, 3.05) is 13.1 Å². The van der Waals surface area contributed by atoms with Crippen LogP contribution in [0.2, 0.25) is 0 Å². The van der Waals surface area contributed by atoms with Gasteiger partial charge in [-0.25, -0.2) is 0 Å². The minimum Gasteiger partial charge on any atom is -0.299 e. The van der Waals surface area contributed by atoms with Crippen molar-refractivity contribution in [1.29, 1.82) is 0 Å². The maximum absolute atomic E-state index is 2.62. The molecule has 1 aliphatic rings. The molecule has 0 radical (unpaired) electrons. The fourth-order valence-corrected chi connectivity index (χ4v) is 3.15. The van der Waals surface area contributed by atoms with Crippen molar-refractivity contribution in [2.45, 2.75) is 66.8 Å². The van der Waals surface area contributed by atoms with Gasteiger partial charge in [-0.3, -0.25) is 4.90 Å². The molecule has 0 amide bonds. The van der Waals surface area contributed by atoms with Crippen molar-refractivity contribution < 1.29 is 0 Å². The summed E-state index contributed by atoms with van der Waals surface area (Å²) < 4.78 is 0. The molecule has 1 heteroatoms. The molecule has 0 aromatic heterocycles. The first kappa shape index (κ1) is 17.2. The smallest absolute Gasteiger partial charge is 0.0236 e. The van der Waals surface area contributed by atoms with Gasteiger partial charge in [-0.2, -0.15) is 0 Å². The van der Waals surface area contributed by atoms with Crippen LogP contribution < -0.4 is 0 Å². The Balaban J connectivity index is 0.000000956. The zero-order valence-corrected chi connectivity index (χ0v) is 14.2. The molecule has 0 spiro atoms. The number of hydrogen-bond acceptors (Lipinski definition) is 1. The van der Waals surface area contributed by atoms with Crippen molar-refractivity contribution in [1.82, 2.24) is 4.90 Å². The summed E-state index contributed by atoms with van der Waals surface area (Å²) in [6.45, 7) is 14.7. The number of likely N-dealkylation sites (tertiary alicyclic amines) is 1. The Morgan fingerprint density at radius 1 is 1.15 bits per heavy atom. The van der Waals surface area contributed by atoms with Crippen LogP contribution in [0.4, 0.5) is 0 Å². The van der Waals surface area contributed by atoms with Gasteiger partial charge in [0.1, 0.15) is 0 Å². The summed E-state index contributed by atoms with van der Waals surface area (Å²) in [5.74, 6) is 0.883. The summed E-state index contributed by atoms with van der Waals surface area (Å²) >= 11 is 0. The van der Waals surface area contributed by atoms with E-state index in [9.17, 15) is 0 Å². The summed E-state index contributed by atoms with van der Waals surface area (Å²) in [7, 11) is 0. The number of nitrogens with zero attached hydrogens (tertiary/aromatic N) is 1. The molecule has 20 heavy (non-hydrogen) atoms. The van der Waals surface area contributed by atoms with Gasteiger partial charge in [0.15, 0.2) is 0 Å². The highest BCUT2D eigenvalue weighted by molar-refractivity contribution is 5.35. The van der Waals surface area contributed by atoms with Crippen molar-refractivity contribution in [2.24, 2.45) is 5.92 Å². The largest absolute Gasteiger partial charge is 0.299 e. The summed E-state index contributed by atoms with van der Waals surface area (Å²) in [6, 6.07) is 6.89. The zero-order valence-electron chi connectivity index (χ0n) is 14.2. The molecule has 2 rings (SSSR count). The van der Waals surface area contributed by atoms with E-state index >= 15 is 0 Å². The van der Waals surface area contributed by atoms with Crippen LogP contribution in [-0.4, -0.2) is 18.0 Å². The van der Waals surface area contributed by atoms with Gasteiger partial charge in [0.05, 0.1) is 0 Å². The molecular weight excluding hydrogens is 242 g/mol. The highest BCUT2D eigenvalue weighted by atomic mass is 15.1. The third-order valence-electron chi connectivity index (χ3n) is 4.15. The Morgan fingerprint density at radius 2 is 1.85 bits per heavy atom. The van der Waals surface area contributed by atoms with E-state index in [2.05, 4.69) is 43.9 Å². The predicted molar refractivity (Wildman–Crippen MR) is 90.2 cm³/mol. The van der Waals surface area contributed by atoms with Crippen LogP contribution in [0.25, 0.3) is 0 Å². The molecule has 1 aromatic rings. The molecule has 1 aliphatic heterocycles. The number of rotatable bonds is 5. The maximum Gasteiger partial charge on any atom is 0.0236 e. The van der Waals surface area contributed by atoms with Crippen LogP contribution >= 0.6 is 0 Å². The van der Waals surface area contributed by atoms with E-state index in [1.807, 2.05) is 13.8 Å². The second kappa shape index (κ2) is 9.18. The maximum atomic E-state index is 2.62. The molecule has 0 aliphatic carbocycles. The van der Waals surface area contributed by atoms with Gasteiger partial charge in [0.2, 0.25) is 0 Å². The molecule has 1 aromatic carbocycles. The van der Waals surface area contributed by atoms with Gasteiger partial charge >= 0.3 is 0 Å². The van der Waals surface area contributed by atoms with E-state index in [-0.39, 0.29) is 0 Å². The lowest BCUT2D eigenvalue weighted by atomic mass is 9.95. The van der Waals surface area contributed by atoms with Gasteiger partial charge in [-0.1, -0.05) is 59.2 Å². The van der Waals surface area contributed by atoms with Crippen LogP contribution in [0.15, 0.2) is 18.2 Å². The third-order valence-corrected chi connectivity index (χ3v) is 4.15. The van der Waals surface area contributed by atoms with Gasteiger partial charge in [0, 0.05) is 13.1 Å². The zero-order chi connectivity index (χ0) is 15.0. The fraction of sp³-hybridized carbons (Fsp3) is 0.684. The average molecular weight is 275 g/mol. The minimum atomic E-state index is 0.883. The third kappa shape index (κ3) is 4.63. The Labute approximate surface area is 126 Å². The van der Waals surface area contributed by atoms with Crippen molar-refractivity contribution in [3.05, 3.63) is 34.9 Å². The quantitative estimate of drug-likeness (QED) is 0.725. The summed E-state index contributed by atoms with van der Waals surface area (Å²) in [5.41, 5.74) is 4.76. The lowest BCUT2D eigenvalue weighted by molar-refractivity contribution is 0.319. The van der Waals surface area contributed by atoms with Crippen molar-refractivity contribution in [3.63, 3.8) is 0 Å². The first-order valence-corrected chi connectivity index (χ1v) is 8.56. The molecule has 1 unspecified atom stereocenters. The highest BCUT2D eigenvalue weighted by Gasteiger charge is 2.19. The molecular formula is C19H33N. The number of aryl methyl sites for hydroxylation is 1. The molecule has 0 bridgehead atoms. The second-order valence-corrected chi connectivity index (χ2v) is 5.79. The standard InChI is InChI=1S/C17H27N.C2H6/c1-4-7-17-15(5-2)8-6-9-16(17)13-18-11-10-14(3)12-18;1-2/h6,8-9,14H,4-5,7,10-13H2,1-3H3;1-2H3. The van der Waals surface area contributed by atoms with Crippen LogP contribution in [-0.2, 0) is 19.4 Å². The molecule has 1 atom stereocenters. The SMILES string of the molecule is CC.CCCc1c(CC)cccc1CN1CCC(C)C1. The monoisotopic (exact) mass is 275 g/mol. The van der Waals surface area contributed by atoms with Gasteiger partial charge in [-0.05, 0) is 48.4 Å². The predicted octanol–water partition coefficient (Wildman–Crippen LogP) is 5.07. The summed E-state index contributed by atoms with van der Waals surface area (Å²) in [4.78, 5) is 2.62. The summed E-state index contributed by atoms with van der Waals surface area (Å²) in [5, 5.41) is 0. The first-order valence-electron chi connectivity index (χ1n) is 8.56. The van der Waals surface area contributed by atoms with Crippen LogP contribution in [0.1, 0.15) is 64.2 Å². The molecule has 1 fully saturated rings. The second-order valence-electron chi connectivity index (χ2n) is 5.79. The van der Waals surface area contributed by atoms with E-state index in [0.717, 1.165) is 12.5 Å². The molecule has 0 saturated carbocycles. The van der Waals surface area contributed by atoms with Crippen LogP contribution in [0.3, 0.4) is 0 Å². The number of hydrogen-bond donors (Lipinski definition) is 0. The first-order chi connectivity index (χ1) is 9.74. The van der Waals surface area contributed by atoms with Crippen molar-refractivity contribution >= 4 is 0 Å². The van der Waals surface area contributed by atoms with Crippen LogP contribution in [0, 0.1) is 5.92 Å². The van der Waals surface area contributed by atoms with Crippen molar-refractivity contribution in [3.8, 4) is 0 Å². The molecule has 1 heterocycles. The lowest BCUT2D eigenvalue weighted by Gasteiger charge is -2.20. The Bertz CT molecular complexity index is 383. The minimum absolute atomic E-state index is 0.883. The molecule has 0 N–H and O–H groups in total. The van der Waals surface area contributed by atoms with Gasteiger partial charge in [0.25, 0.3) is 0 Å². The molecule has 1 saturated heterocycles. The number of benzene rings is 1. The summed E-state index contributed by atoms with van der Waals surface area (Å²) in [6.07, 6.45) is 5.03. The van der Waals surface area contributed by atoms with Gasteiger partial charge < -0.3 is 0 Å². The van der Waals surface area contributed by atoms with Gasteiger partial charge in [-0.15, -0.1) is 0 Å². The lowest BCUT2D eigenvalue weighted by Crippen LogP contribution is -2.20.